The molecule has 0 aliphatic rings. The van der Waals surface area contributed by atoms with E-state index in [-0.39, 0.29) is 17.3 Å². The van der Waals surface area contributed by atoms with Crippen LogP contribution in [-0.2, 0) is 0 Å². The van der Waals surface area contributed by atoms with Crippen molar-refractivity contribution < 1.29 is 14.4 Å². The van der Waals surface area contributed by atoms with Crippen LogP contribution in [0.3, 0.4) is 0 Å². The molecule has 20 heavy (non-hydrogen) atoms. The van der Waals surface area contributed by atoms with Gasteiger partial charge in [-0.2, -0.15) is 0 Å². The van der Waals surface area contributed by atoms with Crippen LogP contribution in [-0.4, -0.2) is 29.0 Å². The first kappa shape index (κ1) is 13.5. The summed E-state index contributed by atoms with van der Waals surface area (Å²) in [5.74, 6) is 1.32. The molecule has 0 saturated heterocycles. The monoisotopic (exact) mass is 276 g/mol. The fraction of sp³-hybridized carbons (Fsp3) is 0.167. The minimum atomic E-state index is -0.537. The van der Waals surface area contributed by atoms with Gasteiger partial charge in [-0.25, -0.2) is 9.97 Å². The predicted molar refractivity (Wildman–Crippen MR) is 71.3 cm³/mol. The molecule has 1 heterocycles. The summed E-state index contributed by atoms with van der Waals surface area (Å²) in [7, 11) is 3.08. The average molecular weight is 276 g/mol. The van der Waals surface area contributed by atoms with E-state index in [2.05, 4.69) is 15.3 Å². The number of hydrogen-bond donors (Lipinski definition) is 1. The Balaban J connectivity index is 2.29. The van der Waals surface area contributed by atoms with Crippen molar-refractivity contribution in [2.75, 3.05) is 19.5 Å². The second-order valence-corrected chi connectivity index (χ2v) is 3.68. The van der Waals surface area contributed by atoms with Gasteiger partial charge in [-0.15, -0.1) is 0 Å². The normalized spacial score (nSPS) is 9.90. The minimum absolute atomic E-state index is 0.168. The molecule has 8 heteroatoms. The fourth-order valence-electron chi connectivity index (χ4n) is 1.53. The van der Waals surface area contributed by atoms with Gasteiger partial charge in [-0.05, 0) is 12.1 Å². The lowest BCUT2D eigenvalue weighted by molar-refractivity contribution is -0.385. The van der Waals surface area contributed by atoms with Crippen molar-refractivity contribution in [2.24, 2.45) is 0 Å². The zero-order valence-electron chi connectivity index (χ0n) is 10.9. The number of nitro groups is 1. The van der Waals surface area contributed by atoms with Crippen LogP contribution in [0.4, 0.5) is 11.5 Å². The second kappa shape index (κ2) is 5.83. The van der Waals surface area contributed by atoms with E-state index in [9.17, 15) is 10.1 Å². The van der Waals surface area contributed by atoms with Crippen molar-refractivity contribution in [1.82, 2.24) is 9.97 Å². The molecule has 0 bridgehead atoms. The topological polar surface area (TPSA) is 99.4 Å². The van der Waals surface area contributed by atoms with Gasteiger partial charge < -0.3 is 14.8 Å². The maximum absolute atomic E-state index is 10.9. The minimum Gasteiger partial charge on any atom is -0.490 e. The molecule has 0 radical (unpaired) electrons. The molecule has 8 nitrogen and oxygen atoms in total. The molecule has 0 aliphatic carbocycles. The molecule has 0 atom stereocenters. The molecule has 0 amide bonds. The van der Waals surface area contributed by atoms with Crippen LogP contribution in [0.5, 0.6) is 17.4 Å². The Morgan fingerprint density at radius 3 is 2.75 bits per heavy atom. The highest BCUT2D eigenvalue weighted by Gasteiger charge is 2.16. The summed E-state index contributed by atoms with van der Waals surface area (Å²) in [4.78, 5) is 18.3. The lowest BCUT2D eigenvalue weighted by atomic mass is 10.3. The molecule has 0 aliphatic heterocycles. The van der Waals surface area contributed by atoms with E-state index in [0.717, 1.165) is 0 Å². The van der Waals surface area contributed by atoms with Crippen molar-refractivity contribution in [3.05, 3.63) is 40.7 Å². The van der Waals surface area contributed by atoms with Gasteiger partial charge in [0.2, 0.25) is 5.88 Å². The predicted octanol–water partition coefficient (Wildman–Crippen LogP) is 2.23. The van der Waals surface area contributed by atoms with E-state index in [1.54, 1.807) is 19.2 Å². The van der Waals surface area contributed by atoms with E-state index >= 15 is 0 Å². The van der Waals surface area contributed by atoms with E-state index in [1.165, 1.54) is 25.6 Å². The summed E-state index contributed by atoms with van der Waals surface area (Å²) in [6, 6.07) is 5.89. The van der Waals surface area contributed by atoms with Gasteiger partial charge in [0.15, 0.2) is 5.75 Å². The van der Waals surface area contributed by atoms with Crippen molar-refractivity contribution in [3.63, 3.8) is 0 Å². The van der Waals surface area contributed by atoms with Gasteiger partial charge in [0.05, 0.1) is 18.1 Å². The summed E-state index contributed by atoms with van der Waals surface area (Å²) < 4.78 is 10.4. The fourth-order valence-corrected chi connectivity index (χ4v) is 1.53. The van der Waals surface area contributed by atoms with E-state index < -0.39 is 4.92 Å². The molecule has 1 aromatic heterocycles. The van der Waals surface area contributed by atoms with Gasteiger partial charge in [0, 0.05) is 13.1 Å². The van der Waals surface area contributed by atoms with Crippen LogP contribution in [0.1, 0.15) is 0 Å². The Kier molecular flexibility index (Phi) is 3.94. The number of nitrogens with one attached hydrogen (secondary N) is 1. The van der Waals surface area contributed by atoms with E-state index in [1.807, 2.05) is 0 Å². The second-order valence-electron chi connectivity index (χ2n) is 3.68. The molecule has 1 aromatic carbocycles. The highest BCUT2D eigenvalue weighted by atomic mass is 16.6. The third-order valence-corrected chi connectivity index (χ3v) is 2.47. The molecule has 0 fully saturated rings. The Labute approximate surface area is 114 Å². The summed E-state index contributed by atoms with van der Waals surface area (Å²) >= 11 is 0. The maximum Gasteiger partial charge on any atom is 0.314 e. The molecule has 0 saturated carbocycles. The zero-order valence-corrected chi connectivity index (χ0v) is 10.9. The smallest absolute Gasteiger partial charge is 0.314 e. The number of nitrogens with zero attached hydrogens (tertiary/aromatic N) is 3. The van der Waals surface area contributed by atoms with Crippen LogP contribution in [0.15, 0.2) is 30.6 Å². The molecular weight excluding hydrogens is 264 g/mol. The van der Waals surface area contributed by atoms with Gasteiger partial charge in [-0.1, -0.05) is 0 Å². The third kappa shape index (κ3) is 2.91. The summed E-state index contributed by atoms with van der Waals surface area (Å²) in [5, 5.41) is 13.8. The number of aromatic nitrogens is 2. The molecule has 104 valence electrons. The third-order valence-electron chi connectivity index (χ3n) is 2.47. The lowest BCUT2D eigenvalue weighted by Gasteiger charge is -2.07. The Morgan fingerprint density at radius 1 is 1.30 bits per heavy atom. The SMILES string of the molecule is CNc1cc(Oc2ccc(OC)c([N+](=O)[O-])c2)ncn1. The standard InChI is InChI=1S/C12H12N4O4/c1-13-11-6-12(15-7-14-11)20-8-3-4-10(19-2)9(5-8)16(17)18/h3-7H,1-2H3,(H,13,14,15). The number of nitro benzene ring substituents is 1. The number of ether oxygens (including phenoxy) is 2. The Hall–Kier alpha value is -2.90. The number of anilines is 1. The molecule has 2 aromatic rings. The molecule has 0 spiro atoms. The highest BCUT2D eigenvalue weighted by Crippen LogP contribution is 2.32. The van der Waals surface area contributed by atoms with Gasteiger partial charge >= 0.3 is 5.69 Å². The van der Waals surface area contributed by atoms with E-state index in [0.29, 0.717) is 11.6 Å². The summed E-state index contributed by atoms with van der Waals surface area (Å²) in [6.45, 7) is 0. The van der Waals surface area contributed by atoms with Crippen LogP contribution in [0.2, 0.25) is 0 Å². The summed E-state index contributed by atoms with van der Waals surface area (Å²) in [6.07, 6.45) is 1.33. The van der Waals surface area contributed by atoms with Gasteiger partial charge in [0.1, 0.15) is 17.9 Å². The first-order valence-corrected chi connectivity index (χ1v) is 5.64. The van der Waals surface area contributed by atoms with Gasteiger partial charge in [0.25, 0.3) is 0 Å². The molecule has 0 unspecified atom stereocenters. The number of methoxy groups -OCH3 is 1. The largest absolute Gasteiger partial charge is 0.490 e. The van der Waals surface area contributed by atoms with Crippen molar-refractivity contribution in [1.29, 1.82) is 0 Å². The van der Waals surface area contributed by atoms with Crippen LogP contribution < -0.4 is 14.8 Å². The molecule has 1 N–H and O–H groups in total. The maximum atomic E-state index is 10.9. The van der Waals surface area contributed by atoms with Crippen molar-refractivity contribution >= 4 is 11.5 Å². The Morgan fingerprint density at radius 2 is 2.10 bits per heavy atom. The average Bonchev–Trinajstić information content (AvgIpc) is 2.47. The van der Waals surface area contributed by atoms with Crippen molar-refractivity contribution in [2.45, 2.75) is 0 Å². The molecule has 2 rings (SSSR count). The Bertz CT molecular complexity index is 633. The lowest BCUT2D eigenvalue weighted by Crippen LogP contribution is -1.97. The number of rotatable bonds is 5. The molecular formula is C12H12N4O4. The zero-order chi connectivity index (χ0) is 14.5. The highest BCUT2D eigenvalue weighted by molar-refractivity contribution is 5.51. The summed E-state index contributed by atoms with van der Waals surface area (Å²) in [5.41, 5.74) is -0.173. The van der Waals surface area contributed by atoms with Crippen LogP contribution in [0, 0.1) is 10.1 Å². The van der Waals surface area contributed by atoms with Gasteiger partial charge in [-0.3, -0.25) is 10.1 Å². The van der Waals surface area contributed by atoms with Crippen LogP contribution >= 0.6 is 0 Å². The first-order valence-electron chi connectivity index (χ1n) is 5.64. The first-order chi connectivity index (χ1) is 9.63. The van der Waals surface area contributed by atoms with Crippen LogP contribution in [0.25, 0.3) is 0 Å². The van der Waals surface area contributed by atoms with E-state index in [4.69, 9.17) is 9.47 Å². The number of hydrogen-bond acceptors (Lipinski definition) is 7. The number of benzene rings is 1. The van der Waals surface area contributed by atoms with Crippen molar-refractivity contribution in [3.8, 4) is 17.4 Å². The quantitative estimate of drug-likeness (QED) is 0.660.